The number of amides is 1. The van der Waals surface area contributed by atoms with Crippen molar-refractivity contribution >= 4 is 17.7 Å². The van der Waals surface area contributed by atoms with E-state index in [9.17, 15) is 18.0 Å². The third kappa shape index (κ3) is 4.68. The molecule has 0 aliphatic carbocycles. The molecule has 0 atom stereocenters. The van der Waals surface area contributed by atoms with Gasteiger partial charge in [0.25, 0.3) is 0 Å². The molecular formula is C18H15ClF3NO3. The van der Waals surface area contributed by atoms with Crippen LogP contribution in [-0.4, -0.2) is 30.2 Å². The Kier molecular flexibility index (Phi) is 5.38. The summed E-state index contributed by atoms with van der Waals surface area (Å²) < 4.78 is 48.6. The maximum Gasteiger partial charge on any atom is 0.416 e. The molecule has 138 valence electrons. The quantitative estimate of drug-likeness (QED) is 0.761. The first-order chi connectivity index (χ1) is 12.3. The minimum absolute atomic E-state index is 0.139. The molecule has 1 aliphatic rings. The Hall–Kier alpha value is -2.25. The second-order valence-corrected chi connectivity index (χ2v) is 6.29. The summed E-state index contributed by atoms with van der Waals surface area (Å²) in [5, 5.41) is 0.640. The number of carbonyl (C=O) groups is 1. The minimum Gasteiger partial charge on any atom is -0.410 e. The van der Waals surface area contributed by atoms with Crippen molar-refractivity contribution < 1.29 is 27.4 Å². The third-order valence-electron chi connectivity index (χ3n) is 3.87. The summed E-state index contributed by atoms with van der Waals surface area (Å²) in [7, 11) is 0. The Morgan fingerprint density at radius 3 is 2.50 bits per heavy atom. The molecule has 0 aromatic heterocycles. The van der Waals surface area contributed by atoms with Gasteiger partial charge in [0.15, 0.2) is 0 Å². The molecule has 1 aliphatic heterocycles. The van der Waals surface area contributed by atoms with Crippen LogP contribution in [0.5, 0.6) is 5.75 Å². The van der Waals surface area contributed by atoms with Crippen LogP contribution >= 0.6 is 11.6 Å². The molecule has 0 saturated carbocycles. The lowest BCUT2D eigenvalue weighted by molar-refractivity contribution is -0.137. The lowest BCUT2D eigenvalue weighted by Gasteiger charge is -2.37. The Labute approximate surface area is 153 Å². The predicted molar refractivity (Wildman–Crippen MR) is 89.1 cm³/mol. The Morgan fingerprint density at radius 1 is 1.15 bits per heavy atom. The smallest absolute Gasteiger partial charge is 0.410 e. The fourth-order valence-electron chi connectivity index (χ4n) is 2.39. The third-order valence-corrected chi connectivity index (χ3v) is 4.12. The fraction of sp³-hybridized carbons (Fsp3) is 0.278. The van der Waals surface area contributed by atoms with Gasteiger partial charge in [0.1, 0.15) is 5.75 Å². The molecule has 4 nitrogen and oxygen atoms in total. The van der Waals surface area contributed by atoms with Gasteiger partial charge in [-0.1, -0.05) is 29.8 Å². The second kappa shape index (κ2) is 7.55. The highest BCUT2D eigenvalue weighted by Gasteiger charge is 2.34. The molecule has 1 heterocycles. The highest BCUT2D eigenvalue weighted by Crippen LogP contribution is 2.31. The van der Waals surface area contributed by atoms with Crippen LogP contribution in [0.1, 0.15) is 11.1 Å². The number of rotatable bonds is 4. The van der Waals surface area contributed by atoms with Gasteiger partial charge < -0.3 is 14.4 Å². The van der Waals surface area contributed by atoms with Crippen molar-refractivity contribution in [1.29, 1.82) is 0 Å². The van der Waals surface area contributed by atoms with Gasteiger partial charge in [0.05, 0.1) is 31.4 Å². The van der Waals surface area contributed by atoms with Crippen LogP contribution in [0, 0.1) is 0 Å². The topological polar surface area (TPSA) is 38.8 Å². The zero-order chi connectivity index (χ0) is 18.7. The first-order valence-corrected chi connectivity index (χ1v) is 8.19. The van der Waals surface area contributed by atoms with E-state index >= 15 is 0 Å². The SMILES string of the molecule is O=C(Oc1cccc(C(F)(F)F)c1)N1CC(OCc2ccc(Cl)cc2)C1. The lowest BCUT2D eigenvalue weighted by Crippen LogP contribution is -2.55. The highest BCUT2D eigenvalue weighted by molar-refractivity contribution is 6.30. The van der Waals surface area contributed by atoms with E-state index in [1.165, 1.54) is 17.0 Å². The molecule has 26 heavy (non-hydrogen) atoms. The van der Waals surface area contributed by atoms with E-state index in [1.807, 2.05) is 12.1 Å². The number of alkyl halides is 3. The number of hydrogen-bond donors (Lipinski definition) is 0. The van der Waals surface area contributed by atoms with Crippen molar-refractivity contribution in [2.24, 2.45) is 0 Å². The van der Waals surface area contributed by atoms with Crippen molar-refractivity contribution in [3.8, 4) is 5.75 Å². The van der Waals surface area contributed by atoms with Gasteiger partial charge in [-0.15, -0.1) is 0 Å². The maximum atomic E-state index is 12.7. The van der Waals surface area contributed by atoms with Crippen molar-refractivity contribution in [3.63, 3.8) is 0 Å². The fourth-order valence-corrected chi connectivity index (χ4v) is 2.51. The Bertz CT molecular complexity index is 774. The predicted octanol–water partition coefficient (Wildman–Crippen LogP) is 4.76. The average molecular weight is 386 g/mol. The molecule has 2 aromatic rings. The van der Waals surface area contributed by atoms with E-state index in [4.69, 9.17) is 21.1 Å². The van der Waals surface area contributed by atoms with Crippen LogP contribution in [0.2, 0.25) is 5.02 Å². The molecular weight excluding hydrogens is 371 g/mol. The molecule has 0 N–H and O–H groups in total. The summed E-state index contributed by atoms with van der Waals surface area (Å²) in [4.78, 5) is 13.3. The highest BCUT2D eigenvalue weighted by atomic mass is 35.5. The van der Waals surface area contributed by atoms with Gasteiger partial charge in [-0.3, -0.25) is 0 Å². The summed E-state index contributed by atoms with van der Waals surface area (Å²) >= 11 is 5.81. The number of halogens is 4. The first kappa shape index (κ1) is 18.5. The van der Waals surface area contributed by atoms with Crippen LogP contribution in [0.4, 0.5) is 18.0 Å². The zero-order valence-corrected chi connectivity index (χ0v) is 14.3. The molecule has 2 aromatic carbocycles. The standard InChI is InChI=1S/C18H15ClF3NO3/c19-14-6-4-12(5-7-14)11-25-16-9-23(10-16)17(24)26-15-3-1-2-13(8-15)18(20,21)22/h1-8,16H,9-11H2. The number of likely N-dealkylation sites (tertiary alicyclic amines) is 1. The number of ether oxygens (including phenoxy) is 2. The zero-order valence-electron chi connectivity index (χ0n) is 13.5. The summed E-state index contributed by atoms with van der Waals surface area (Å²) in [6.07, 6.45) is -5.32. The largest absolute Gasteiger partial charge is 0.416 e. The van der Waals surface area contributed by atoms with E-state index in [1.54, 1.807) is 12.1 Å². The molecule has 3 rings (SSSR count). The van der Waals surface area contributed by atoms with Gasteiger partial charge in [0, 0.05) is 5.02 Å². The number of carbonyl (C=O) groups excluding carboxylic acids is 1. The second-order valence-electron chi connectivity index (χ2n) is 5.86. The Balaban J connectivity index is 1.45. The number of hydrogen-bond acceptors (Lipinski definition) is 3. The van der Waals surface area contributed by atoms with Crippen molar-refractivity contribution in [1.82, 2.24) is 4.90 Å². The average Bonchev–Trinajstić information content (AvgIpc) is 2.54. The Morgan fingerprint density at radius 2 is 1.85 bits per heavy atom. The minimum atomic E-state index is -4.49. The molecule has 1 fully saturated rings. The van der Waals surface area contributed by atoms with E-state index in [0.717, 1.165) is 17.7 Å². The van der Waals surface area contributed by atoms with Crippen LogP contribution in [0.25, 0.3) is 0 Å². The molecule has 0 radical (unpaired) electrons. The molecule has 0 unspecified atom stereocenters. The van der Waals surface area contributed by atoms with Crippen LogP contribution in [0.15, 0.2) is 48.5 Å². The van der Waals surface area contributed by atoms with E-state index in [0.29, 0.717) is 24.7 Å². The molecule has 0 bridgehead atoms. The van der Waals surface area contributed by atoms with Crippen LogP contribution < -0.4 is 4.74 Å². The molecule has 8 heteroatoms. The number of benzene rings is 2. The van der Waals surface area contributed by atoms with Crippen molar-refractivity contribution in [2.45, 2.75) is 18.9 Å². The van der Waals surface area contributed by atoms with Crippen LogP contribution in [0.3, 0.4) is 0 Å². The summed E-state index contributed by atoms with van der Waals surface area (Å²) in [5.74, 6) is -0.143. The van der Waals surface area contributed by atoms with Gasteiger partial charge in [-0.25, -0.2) is 4.79 Å². The summed E-state index contributed by atoms with van der Waals surface area (Å²) in [6, 6.07) is 11.4. The summed E-state index contributed by atoms with van der Waals surface area (Å²) in [5.41, 5.74) is 0.0926. The van der Waals surface area contributed by atoms with E-state index in [-0.39, 0.29) is 11.9 Å². The van der Waals surface area contributed by atoms with Crippen LogP contribution in [-0.2, 0) is 17.5 Å². The van der Waals surface area contributed by atoms with Gasteiger partial charge >= 0.3 is 12.3 Å². The van der Waals surface area contributed by atoms with Gasteiger partial charge in [-0.2, -0.15) is 13.2 Å². The normalized spacial score (nSPS) is 14.8. The number of nitrogens with zero attached hydrogens (tertiary/aromatic N) is 1. The monoisotopic (exact) mass is 385 g/mol. The molecule has 0 spiro atoms. The summed E-state index contributed by atoms with van der Waals surface area (Å²) in [6.45, 7) is 1.04. The van der Waals surface area contributed by atoms with Gasteiger partial charge in [0.2, 0.25) is 0 Å². The molecule has 1 saturated heterocycles. The van der Waals surface area contributed by atoms with E-state index in [2.05, 4.69) is 0 Å². The first-order valence-electron chi connectivity index (χ1n) is 7.81. The van der Waals surface area contributed by atoms with Crippen molar-refractivity contribution in [3.05, 3.63) is 64.7 Å². The van der Waals surface area contributed by atoms with E-state index < -0.39 is 17.8 Å². The molecule has 1 amide bonds. The van der Waals surface area contributed by atoms with Crippen molar-refractivity contribution in [2.75, 3.05) is 13.1 Å². The maximum absolute atomic E-state index is 12.7. The lowest BCUT2D eigenvalue weighted by atomic mass is 10.2. The van der Waals surface area contributed by atoms with Gasteiger partial charge in [-0.05, 0) is 35.9 Å².